The average molecular weight is 432 g/mol. The number of ether oxygens (including phenoxy) is 2. The number of thiophene rings is 1. The first-order chi connectivity index (χ1) is 14.3. The van der Waals surface area contributed by atoms with E-state index in [0.717, 1.165) is 29.7 Å². The van der Waals surface area contributed by atoms with Gasteiger partial charge < -0.3 is 14.8 Å². The van der Waals surface area contributed by atoms with Crippen LogP contribution in [-0.4, -0.2) is 40.5 Å². The Kier molecular flexibility index (Phi) is 6.81. The topological polar surface area (TPSA) is 107 Å². The van der Waals surface area contributed by atoms with Crippen LogP contribution in [0.15, 0.2) is 12.4 Å². The minimum atomic E-state index is -1.08. The van der Waals surface area contributed by atoms with Crippen LogP contribution in [0.4, 0.5) is 5.00 Å². The number of amides is 1. The van der Waals surface area contributed by atoms with Gasteiger partial charge in [-0.3, -0.25) is 9.78 Å². The molecule has 0 radical (unpaired) electrons. The van der Waals surface area contributed by atoms with E-state index in [1.165, 1.54) is 30.7 Å². The van der Waals surface area contributed by atoms with Crippen LogP contribution in [0.5, 0.6) is 0 Å². The predicted molar refractivity (Wildman–Crippen MR) is 112 cm³/mol. The molecular weight excluding hydrogens is 406 g/mol. The smallest absolute Gasteiger partial charge is 0.359 e. The van der Waals surface area contributed by atoms with Crippen LogP contribution in [0, 0.1) is 12.8 Å². The molecule has 1 aliphatic rings. The van der Waals surface area contributed by atoms with Gasteiger partial charge in [-0.15, -0.1) is 11.3 Å². The molecule has 1 aliphatic carbocycles. The Labute approximate surface area is 179 Å². The summed E-state index contributed by atoms with van der Waals surface area (Å²) < 4.78 is 10.4. The fourth-order valence-electron chi connectivity index (χ4n) is 3.24. The zero-order chi connectivity index (χ0) is 21.8. The number of nitrogens with one attached hydrogen (secondary N) is 1. The molecule has 0 fully saturated rings. The maximum atomic E-state index is 12.7. The Morgan fingerprint density at radius 2 is 2.03 bits per heavy atom. The Hall–Kier alpha value is -2.81. The molecule has 0 saturated carbocycles. The van der Waals surface area contributed by atoms with Crippen LogP contribution >= 0.6 is 11.3 Å². The fourth-order valence-corrected chi connectivity index (χ4v) is 4.65. The molecule has 2 aromatic rings. The number of anilines is 1. The third kappa shape index (κ3) is 4.84. The molecule has 0 unspecified atom stereocenters. The summed E-state index contributed by atoms with van der Waals surface area (Å²) in [5, 5.41) is 3.19. The van der Waals surface area contributed by atoms with Crippen molar-refractivity contribution in [2.75, 3.05) is 11.9 Å². The van der Waals surface area contributed by atoms with Gasteiger partial charge in [0.15, 0.2) is 11.8 Å². The Morgan fingerprint density at radius 1 is 1.27 bits per heavy atom. The van der Waals surface area contributed by atoms with Gasteiger partial charge in [0.05, 0.1) is 24.1 Å². The minimum Gasteiger partial charge on any atom is -0.462 e. The standard InChI is InChI=1S/C21H25N3O5S/c1-5-28-21(27)17-14-7-6-11(2)8-16(14)30-19(17)24-18(25)13(4)29-20(26)15-10-22-12(3)9-23-15/h9-11,13H,5-8H2,1-4H3,(H,24,25)/t11-,13+/m0/s1. The van der Waals surface area contributed by atoms with Gasteiger partial charge in [-0.1, -0.05) is 6.92 Å². The highest BCUT2D eigenvalue weighted by Crippen LogP contribution is 2.40. The maximum Gasteiger partial charge on any atom is 0.359 e. The third-order valence-corrected chi connectivity index (χ3v) is 6.04. The van der Waals surface area contributed by atoms with E-state index in [4.69, 9.17) is 9.47 Å². The molecule has 2 heterocycles. The van der Waals surface area contributed by atoms with Crippen molar-refractivity contribution >= 4 is 34.2 Å². The Bertz CT molecular complexity index is 954. The van der Waals surface area contributed by atoms with E-state index in [0.29, 0.717) is 22.2 Å². The number of esters is 2. The lowest BCUT2D eigenvalue weighted by Gasteiger charge is -2.18. The van der Waals surface area contributed by atoms with Gasteiger partial charge in [0.25, 0.3) is 5.91 Å². The van der Waals surface area contributed by atoms with Gasteiger partial charge in [-0.25, -0.2) is 14.6 Å². The average Bonchev–Trinajstić information content (AvgIpc) is 3.05. The van der Waals surface area contributed by atoms with Gasteiger partial charge >= 0.3 is 11.9 Å². The van der Waals surface area contributed by atoms with Crippen molar-refractivity contribution in [3.05, 3.63) is 39.8 Å². The van der Waals surface area contributed by atoms with Gasteiger partial charge in [-0.05, 0) is 51.5 Å². The lowest BCUT2D eigenvalue weighted by atomic mass is 9.88. The second-order valence-corrected chi connectivity index (χ2v) is 8.46. The van der Waals surface area contributed by atoms with E-state index < -0.39 is 23.9 Å². The molecule has 0 saturated heterocycles. The number of aryl methyl sites for hydroxylation is 1. The number of hydrogen-bond donors (Lipinski definition) is 1. The number of hydrogen-bond acceptors (Lipinski definition) is 8. The molecule has 9 heteroatoms. The molecule has 8 nitrogen and oxygen atoms in total. The number of nitrogens with zero attached hydrogens (tertiary/aromatic N) is 2. The normalized spacial score (nSPS) is 16.3. The largest absolute Gasteiger partial charge is 0.462 e. The van der Waals surface area contributed by atoms with Crippen molar-refractivity contribution in [3.63, 3.8) is 0 Å². The van der Waals surface area contributed by atoms with Gasteiger partial charge in [0.1, 0.15) is 5.00 Å². The Balaban J connectivity index is 1.75. The highest BCUT2D eigenvalue weighted by Gasteiger charge is 2.30. The van der Waals surface area contributed by atoms with Crippen molar-refractivity contribution in [1.29, 1.82) is 0 Å². The summed E-state index contributed by atoms with van der Waals surface area (Å²) in [4.78, 5) is 46.5. The van der Waals surface area contributed by atoms with Crippen molar-refractivity contribution in [2.45, 2.75) is 53.1 Å². The molecule has 1 amide bonds. The predicted octanol–water partition coefficient (Wildman–Crippen LogP) is 3.33. The van der Waals surface area contributed by atoms with Crippen molar-refractivity contribution < 1.29 is 23.9 Å². The van der Waals surface area contributed by atoms with Crippen LogP contribution in [0.25, 0.3) is 0 Å². The second-order valence-electron chi connectivity index (χ2n) is 7.36. The monoisotopic (exact) mass is 431 g/mol. The first kappa shape index (κ1) is 21.9. The zero-order valence-electron chi connectivity index (χ0n) is 17.5. The zero-order valence-corrected chi connectivity index (χ0v) is 18.3. The van der Waals surface area contributed by atoms with Gasteiger partial charge in [0.2, 0.25) is 0 Å². The minimum absolute atomic E-state index is 0.0213. The van der Waals surface area contributed by atoms with Gasteiger partial charge in [0, 0.05) is 11.1 Å². The molecule has 2 aromatic heterocycles. The number of carbonyl (C=O) groups excluding carboxylic acids is 3. The molecule has 3 rings (SSSR count). The van der Waals surface area contributed by atoms with E-state index in [-0.39, 0.29) is 12.3 Å². The molecular formula is C21H25N3O5S. The number of carbonyl (C=O) groups is 3. The second kappa shape index (κ2) is 9.34. The molecule has 160 valence electrons. The van der Waals surface area contributed by atoms with Crippen LogP contribution in [0.2, 0.25) is 0 Å². The van der Waals surface area contributed by atoms with Gasteiger partial charge in [-0.2, -0.15) is 0 Å². The summed E-state index contributed by atoms with van der Waals surface area (Å²) >= 11 is 1.39. The molecule has 0 aliphatic heterocycles. The van der Waals surface area contributed by atoms with E-state index in [1.54, 1.807) is 13.8 Å². The first-order valence-electron chi connectivity index (χ1n) is 9.92. The van der Waals surface area contributed by atoms with Crippen molar-refractivity contribution in [1.82, 2.24) is 9.97 Å². The summed E-state index contributed by atoms with van der Waals surface area (Å²) in [5.74, 6) is -1.19. The highest BCUT2D eigenvalue weighted by molar-refractivity contribution is 7.17. The maximum absolute atomic E-state index is 12.7. The van der Waals surface area contributed by atoms with E-state index in [9.17, 15) is 14.4 Å². The van der Waals surface area contributed by atoms with Crippen LogP contribution in [0.3, 0.4) is 0 Å². The van der Waals surface area contributed by atoms with Crippen LogP contribution in [-0.2, 0) is 27.1 Å². The van der Waals surface area contributed by atoms with E-state index >= 15 is 0 Å². The molecule has 0 bridgehead atoms. The van der Waals surface area contributed by atoms with E-state index in [1.807, 2.05) is 0 Å². The van der Waals surface area contributed by atoms with Crippen LogP contribution in [0.1, 0.15) is 64.2 Å². The third-order valence-electron chi connectivity index (χ3n) is 4.87. The molecule has 0 aromatic carbocycles. The Morgan fingerprint density at radius 3 is 2.70 bits per heavy atom. The quantitative estimate of drug-likeness (QED) is 0.699. The molecule has 1 N–H and O–H groups in total. The fraction of sp³-hybridized carbons (Fsp3) is 0.476. The first-order valence-corrected chi connectivity index (χ1v) is 10.7. The molecule has 0 spiro atoms. The molecule has 2 atom stereocenters. The summed E-state index contributed by atoms with van der Waals surface area (Å²) in [6, 6.07) is 0. The van der Waals surface area contributed by atoms with Crippen LogP contribution < -0.4 is 5.32 Å². The highest BCUT2D eigenvalue weighted by atomic mass is 32.1. The summed E-state index contributed by atoms with van der Waals surface area (Å²) in [7, 11) is 0. The summed E-state index contributed by atoms with van der Waals surface area (Å²) in [6.45, 7) is 7.38. The number of aromatic nitrogens is 2. The SMILES string of the molecule is CCOC(=O)c1c(NC(=O)[C@@H](C)OC(=O)c2cnc(C)cn2)sc2c1CC[C@H](C)C2. The van der Waals surface area contributed by atoms with E-state index in [2.05, 4.69) is 22.2 Å². The summed E-state index contributed by atoms with van der Waals surface area (Å²) in [6.07, 6.45) is 4.29. The van der Waals surface area contributed by atoms with Crippen molar-refractivity contribution in [3.8, 4) is 0 Å². The lowest BCUT2D eigenvalue weighted by molar-refractivity contribution is -0.123. The number of fused-ring (bicyclic) bond motifs is 1. The lowest BCUT2D eigenvalue weighted by Crippen LogP contribution is -2.30. The molecule has 30 heavy (non-hydrogen) atoms. The number of rotatable bonds is 6. The summed E-state index contributed by atoms with van der Waals surface area (Å²) in [5.41, 5.74) is 2.05. The van der Waals surface area contributed by atoms with Crippen molar-refractivity contribution in [2.24, 2.45) is 5.92 Å².